The van der Waals surface area contributed by atoms with E-state index in [1.165, 1.54) is 16.8 Å². The number of nitrogens with one attached hydrogen (secondary N) is 1. The van der Waals surface area contributed by atoms with Crippen LogP contribution in [-0.2, 0) is 6.54 Å². The minimum Gasteiger partial charge on any atom is -0.378 e. The van der Waals surface area contributed by atoms with Crippen LogP contribution in [0.25, 0.3) is 0 Å². The number of halogens is 1. The van der Waals surface area contributed by atoms with Crippen molar-refractivity contribution in [2.24, 2.45) is 5.10 Å². The molecule has 0 atom stereocenters. The fourth-order valence-corrected chi connectivity index (χ4v) is 2.83. The fourth-order valence-electron chi connectivity index (χ4n) is 2.70. The largest absolute Gasteiger partial charge is 0.378 e. The van der Waals surface area contributed by atoms with Gasteiger partial charge in [-0.3, -0.25) is 9.59 Å². The number of hydrazone groups is 1. The molecule has 1 amide bonds. The van der Waals surface area contributed by atoms with Crippen molar-refractivity contribution in [3.8, 4) is 0 Å². The summed E-state index contributed by atoms with van der Waals surface area (Å²) in [6.07, 6.45) is 3.18. The molecular weight excluding hydrogens is 388 g/mol. The molecule has 0 radical (unpaired) electrons. The predicted octanol–water partition coefficient (Wildman–Crippen LogP) is 3.38. The van der Waals surface area contributed by atoms with Gasteiger partial charge in [-0.2, -0.15) is 5.10 Å². The van der Waals surface area contributed by atoms with Crippen molar-refractivity contribution in [3.05, 3.63) is 98.9 Å². The second-order valence-electron chi connectivity index (χ2n) is 6.67. The molecule has 2 aromatic carbocycles. The summed E-state index contributed by atoms with van der Waals surface area (Å²) in [5.41, 5.74) is 4.87. The Balaban J connectivity index is 1.69. The normalized spacial score (nSPS) is 10.9. The molecule has 148 valence electrons. The van der Waals surface area contributed by atoms with E-state index in [1.54, 1.807) is 24.4 Å². The zero-order valence-corrected chi connectivity index (χ0v) is 16.9. The monoisotopic (exact) mass is 408 g/mol. The Labute approximate surface area is 174 Å². The topological polar surface area (TPSA) is 66.7 Å². The van der Waals surface area contributed by atoms with Gasteiger partial charge < -0.3 is 9.47 Å². The van der Waals surface area contributed by atoms with Crippen LogP contribution in [-0.4, -0.2) is 30.8 Å². The molecule has 0 saturated heterocycles. The maximum atomic E-state index is 12.6. The molecule has 1 N–H and O–H groups in total. The Morgan fingerprint density at radius 3 is 2.45 bits per heavy atom. The quantitative estimate of drug-likeness (QED) is 0.502. The Hall–Kier alpha value is -3.38. The summed E-state index contributed by atoms with van der Waals surface area (Å²) in [4.78, 5) is 27.0. The van der Waals surface area contributed by atoms with Gasteiger partial charge in [0.15, 0.2) is 0 Å². The van der Waals surface area contributed by atoms with E-state index in [2.05, 4.69) is 10.5 Å². The molecule has 0 aliphatic heterocycles. The minimum absolute atomic E-state index is 0.0292. The van der Waals surface area contributed by atoms with E-state index in [0.29, 0.717) is 11.6 Å². The maximum absolute atomic E-state index is 12.6. The van der Waals surface area contributed by atoms with Crippen LogP contribution in [0.1, 0.15) is 21.5 Å². The maximum Gasteiger partial charge on any atom is 0.276 e. The van der Waals surface area contributed by atoms with Gasteiger partial charge in [0.05, 0.1) is 12.8 Å². The lowest BCUT2D eigenvalue weighted by Gasteiger charge is -2.11. The molecule has 0 fully saturated rings. The first-order chi connectivity index (χ1) is 13.9. The number of benzene rings is 2. The van der Waals surface area contributed by atoms with Gasteiger partial charge in [0.25, 0.3) is 11.5 Å². The molecular formula is C22H21ClN4O2. The molecule has 1 heterocycles. The van der Waals surface area contributed by atoms with Crippen molar-refractivity contribution in [1.29, 1.82) is 0 Å². The molecule has 1 aromatic heterocycles. The van der Waals surface area contributed by atoms with E-state index < -0.39 is 5.91 Å². The number of amides is 1. The van der Waals surface area contributed by atoms with Crippen LogP contribution in [0.2, 0.25) is 5.02 Å². The lowest BCUT2D eigenvalue weighted by atomic mass is 10.2. The van der Waals surface area contributed by atoms with Crippen molar-refractivity contribution in [3.63, 3.8) is 0 Å². The summed E-state index contributed by atoms with van der Waals surface area (Å²) in [6.45, 7) is 0.346. The zero-order valence-electron chi connectivity index (χ0n) is 16.2. The summed E-state index contributed by atoms with van der Waals surface area (Å²) < 4.78 is 1.47. The molecule has 0 spiro atoms. The van der Waals surface area contributed by atoms with Crippen molar-refractivity contribution in [1.82, 2.24) is 9.99 Å². The van der Waals surface area contributed by atoms with Gasteiger partial charge in [0.1, 0.15) is 5.56 Å². The van der Waals surface area contributed by atoms with Crippen LogP contribution in [0.4, 0.5) is 5.69 Å². The number of carbonyl (C=O) groups is 1. The van der Waals surface area contributed by atoms with E-state index >= 15 is 0 Å². The molecule has 7 heteroatoms. The summed E-state index contributed by atoms with van der Waals surface area (Å²) >= 11 is 5.89. The Morgan fingerprint density at radius 2 is 1.79 bits per heavy atom. The molecule has 3 rings (SSSR count). The first kappa shape index (κ1) is 20.4. The van der Waals surface area contributed by atoms with Crippen molar-refractivity contribution >= 4 is 29.4 Å². The van der Waals surface area contributed by atoms with E-state index in [-0.39, 0.29) is 11.1 Å². The van der Waals surface area contributed by atoms with Crippen molar-refractivity contribution in [2.75, 3.05) is 19.0 Å². The Morgan fingerprint density at radius 1 is 1.10 bits per heavy atom. The van der Waals surface area contributed by atoms with Crippen LogP contribution in [0, 0.1) is 0 Å². The molecule has 3 aromatic rings. The summed E-state index contributed by atoms with van der Waals surface area (Å²) in [5.74, 6) is -0.554. The molecule has 0 aliphatic carbocycles. The number of nitrogens with zero attached hydrogens (tertiary/aromatic N) is 3. The van der Waals surface area contributed by atoms with E-state index in [0.717, 1.165) is 16.8 Å². The third kappa shape index (κ3) is 5.33. The van der Waals surface area contributed by atoms with Gasteiger partial charge in [-0.15, -0.1) is 0 Å². The highest BCUT2D eigenvalue weighted by Crippen LogP contribution is 2.11. The average molecular weight is 409 g/mol. The number of hydrogen-bond acceptors (Lipinski definition) is 4. The number of pyridine rings is 1. The summed E-state index contributed by atoms with van der Waals surface area (Å²) in [6, 6.07) is 18.1. The lowest BCUT2D eigenvalue weighted by molar-refractivity contribution is 0.0953. The average Bonchev–Trinajstić information content (AvgIpc) is 2.71. The number of anilines is 1. The molecule has 0 aliphatic rings. The Kier molecular flexibility index (Phi) is 6.46. The molecule has 6 nitrogen and oxygen atoms in total. The number of carbonyl (C=O) groups excluding carboxylic acids is 1. The highest BCUT2D eigenvalue weighted by molar-refractivity contribution is 6.30. The van der Waals surface area contributed by atoms with Crippen LogP contribution in [0.5, 0.6) is 0 Å². The zero-order chi connectivity index (χ0) is 20.8. The minimum atomic E-state index is -0.554. The first-order valence-electron chi connectivity index (χ1n) is 8.99. The SMILES string of the molecule is CN(C)c1ccc(/C=N\NC(=O)c2cccn(Cc3ccc(Cl)cc3)c2=O)cc1. The van der Waals surface area contributed by atoms with Crippen LogP contribution >= 0.6 is 11.6 Å². The molecule has 0 bridgehead atoms. The van der Waals surface area contributed by atoms with Crippen molar-refractivity contribution < 1.29 is 4.79 Å². The third-order valence-corrected chi connectivity index (χ3v) is 4.57. The summed E-state index contributed by atoms with van der Waals surface area (Å²) in [7, 11) is 3.92. The number of rotatable bonds is 6. The van der Waals surface area contributed by atoms with Crippen LogP contribution < -0.4 is 15.9 Å². The Bertz CT molecular complexity index is 1070. The van der Waals surface area contributed by atoms with Crippen molar-refractivity contribution in [2.45, 2.75) is 6.54 Å². The number of hydrogen-bond donors (Lipinski definition) is 1. The van der Waals surface area contributed by atoms with Gasteiger partial charge in [-0.1, -0.05) is 35.9 Å². The van der Waals surface area contributed by atoms with Gasteiger partial charge in [0, 0.05) is 31.0 Å². The number of aromatic nitrogens is 1. The highest BCUT2D eigenvalue weighted by atomic mass is 35.5. The van der Waals surface area contributed by atoms with Gasteiger partial charge in [-0.05, 0) is 47.5 Å². The molecule has 0 unspecified atom stereocenters. The second kappa shape index (κ2) is 9.21. The first-order valence-corrected chi connectivity index (χ1v) is 9.36. The van der Waals surface area contributed by atoms with E-state index in [1.807, 2.05) is 55.4 Å². The standard InChI is InChI=1S/C22H21ClN4O2/c1-26(2)19-11-7-16(8-12-19)14-24-25-21(28)20-4-3-13-27(22(20)29)15-17-5-9-18(23)10-6-17/h3-14H,15H2,1-2H3,(H,25,28)/b24-14-. The van der Waals surface area contributed by atoms with Gasteiger partial charge in [-0.25, -0.2) is 5.43 Å². The van der Waals surface area contributed by atoms with Crippen LogP contribution in [0.3, 0.4) is 0 Å². The lowest BCUT2D eigenvalue weighted by Crippen LogP contribution is -2.30. The highest BCUT2D eigenvalue weighted by Gasteiger charge is 2.11. The van der Waals surface area contributed by atoms with E-state index in [4.69, 9.17) is 11.6 Å². The second-order valence-corrected chi connectivity index (χ2v) is 7.10. The predicted molar refractivity (Wildman–Crippen MR) is 117 cm³/mol. The summed E-state index contributed by atoms with van der Waals surface area (Å²) in [5, 5.41) is 4.58. The van der Waals surface area contributed by atoms with E-state index in [9.17, 15) is 9.59 Å². The molecule has 29 heavy (non-hydrogen) atoms. The fraction of sp³-hybridized carbons (Fsp3) is 0.136. The van der Waals surface area contributed by atoms with Gasteiger partial charge >= 0.3 is 0 Å². The smallest absolute Gasteiger partial charge is 0.276 e. The van der Waals surface area contributed by atoms with Gasteiger partial charge in [0.2, 0.25) is 0 Å². The molecule has 0 saturated carbocycles. The third-order valence-electron chi connectivity index (χ3n) is 4.32. The van der Waals surface area contributed by atoms with Crippen LogP contribution in [0.15, 0.2) is 76.8 Å².